The monoisotopic (exact) mass is 488 g/mol. The molecule has 1 fully saturated rings. The van der Waals surface area contributed by atoms with Crippen molar-refractivity contribution in [1.29, 1.82) is 0 Å². The zero-order valence-corrected chi connectivity index (χ0v) is 20.6. The molecule has 0 atom stereocenters. The van der Waals surface area contributed by atoms with Crippen LogP contribution in [0.3, 0.4) is 0 Å². The molecule has 1 aliphatic heterocycles. The third kappa shape index (κ3) is 7.36. The maximum atomic E-state index is 12.6. The lowest BCUT2D eigenvalue weighted by Gasteiger charge is -2.34. The van der Waals surface area contributed by atoms with Gasteiger partial charge in [-0.05, 0) is 80.6 Å². The Bertz CT molecular complexity index is 1140. The van der Waals surface area contributed by atoms with E-state index in [4.69, 9.17) is 9.84 Å². The Balaban J connectivity index is 1.15. The van der Waals surface area contributed by atoms with E-state index in [1.807, 2.05) is 37.4 Å². The molecule has 1 aliphatic rings. The molecule has 0 aliphatic carbocycles. The minimum atomic E-state index is -0.964. The SMILES string of the molecule is Cc1ccc(CCc2ccc(OC(=O)N3CCN(CCCc4ccc(C(=O)O)cn4)CC3)cc2)nc1. The van der Waals surface area contributed by atoms with Crippen LogP contribution in [-0.4, -0.2) is 69.7 Å². The van der Waals surface area contributed by atoms with Crippen molar-refractivity contribution in [1.82, 2.24) is 19.8 Å². The van der Waals surface area contributed by atoms with Gasteiger partial charge in [-0.3, -0.25) is 14.9 Å². The summed E-state index contributed by atoms with van der Waals surface area (Å²) in [5.41, 5.74) is 4.50. The highest BCUT2D eigenvalue weighted by Crippen LogP contribution is 2.16. The quantitative estimate of drug-likeness (QED) is 0.486. The van der Waals surface area contributed by atoms with Gasteiger partial charge in [-0.15, -0.1) is 0 Å². The van der Waals surface area contributed by atoms with Crippen LogP contribution in [0.15, 0.2) is 60.9 Å². The van der Waals surface area contributed by atoms with Crippen molar-refractivity contribution in [3.63, 3.8) is 0 Å². The molecule has 36 heavy (non-hydrogen) atoms. The van der Waals surface area contributed by atoms with E-state index in [1.54, 1.807) is 17.0 Å². The number of amides is 1. The second-order valence-corrected chi connectivity index (χ2v) is 9.11. The Morgan fingerprint density at radius 2 is 1.56 bits per heavy atom. The number of carboxylic acid groups (broad SMARTS) is 1. The predicted octanol–water partition coefficient (Wildman–Crippen LogP) is 4.02. The smallest absolute Gasteiger partial charge is 0.415 e. The number of aromatic nitrogens is 2. The van der Waals surface area contributed by atoms with E-state index >= 15 is 0 Å². The molecule has 0 bridgehead atoms. The molecule has 2 aromatic heterocycles. The molecule has 0 radical (unpaired) electrons. The first-order chi connectivity index (χ1) is 17.5. The fraction of sp³-hybridized carbons (Fsp3) is 0.357. The summed E-state index contributed by atoms with van der Waals surface area (Å²) >= 11 is 0. The Labute approximate surface area is 211 Å². The number of hydrogen-bond acceptors (Lipinski definition) is 6. The van der Waals surface area contributed by atoms with Gasteiger partial charge in [0, 0.05) is 50.0 Å². The molecule has 1 N–H and O–H groups in total. The first-order valence-corrected chi connectivity index (χ1v) is 12.3. The highest BCUT2D eigenvalue weighted by molar-refractivity contribution is 5.87. The number of benzene rings is 1. The number of carbonyl (C=O) groups is 2. The van der Waals surface area contributed by atoms with Crippen molar-refractivity contribution < 1.29 is 19.4 Å². The van der Waals surface area contributed by atoms with Crippen LogP contribution in [0.1, 0.15) is 39.3 Å². The van der Waals surface area contributed by atoms with Gasteiger partial charge >= 0.3 is 12.1 Å². The molecule has 4 rings (SSSR count). The molecule has 8 nitrogen and oxygen atoms in total. The minimum Gasteiger partial charge on any atom is -0.478 e. The van der Waals surface area contributed by atoms with E-state index in [1.165, 1.54) is 11.8 Å². The van der Waals surface area contributed by atoms with Crippen LogP contribution < -0.4 is 4.74 Å². The summed E-state index contributed by atoms with van der Waals surface area (Å²) in [4.78, 5) is 36.3. The van der Waals surface area contributed by atoms with Crippen molar-refractivity contribution >= 4 is 12.1 Å². The van der Waals surface area contributed by atoms with Crippen LogP contribution in [-0.2, 0) is 19.3 Å². The van der Waals surface area contributed by atoms with Crippen molar-refractivity contribution in [2.75, 3.05) is 32.7 Å². The van der Waals surface area contributed by atoms with Gasteiger partial charge in [-0.2, -0.15) is 0 Å². The number of piperazine rings is 1. The Kier molecular flexibility index (Phi) is 8.62. The van der Waals surface area contributed by atoms with Gasteiger partial charge in [-0.25, -0.2) is 9.59 Å². The molecular weight excluding hydrogens is 456 g/mol. The zero-order valence-electron chi connectivity index (χ0n) is 20.6. The van der Waals surface area contributed by atoms with E-state index in [2.05, 4.69) is 27.0 Å². The van der Waals surface area contributed by atoms with Crippen LogP contribution in [0.5, 0.6) is 5.75 Å². The third-order valence-corrected chi connectivity index (χ3v) is 6.38. The molecule has 188 valence electrons. The molecule has 3 aromatic rings. The highest BCUT2D eigenvalue weighted by Gasteiger charge is 2.22. The van der Waals surface area contributed by atoms with Crippen LogP contribution in [0, 0.1) is 6.92 Å². The number of rotatable bonds is 9. The number of nitrogens with zero attached hydrogens (tertiary/aromatic N) is 4. The third-order valence-electron chi connectivity index (χ3n) is 6.38. The summed E-state index contributed by atoms with van der Waals surface area (Å²) in [6.45, 7) is 5.80. The lowest BCUT2D eigenvalue weighted by atomic mass is 10.1. The summed E-state index contributed by atoms with van der Waals surface area (Å²) in [6, 6.07) is 15.2. The fourth-order valence-corrected chi connectivity index (χ4v) is 4.14. The van der Waals surface area contributed by atoms with Crippen LogP contribution in [0.25, 0.3) is 0 Å². The number of pyridine rings is 2. The van der Waals surface area contributed by atoms with E-state index in [-0.39, 0.29) is 11.7 Å². The van der Waals surface area contributed by atoms with Crippen LogP contribution in [0.2, 0.25) is 0 Å². The number of hydrogen-bond donors (Lipinski definition) is 1. The fourth-order valence-electron chi connectivity index (χ4n) is 4.14. The molecule has 1 amide bonds. The topological polar surface area (TPSA) is 95.9 Å². The molecule has 8 heteroatoms. The molecule has 0 spiro atoms. The highest BCUT2D eigenvalue weighted by atomic mass is 16.6. The first-order valence-electron chi connectivity index (χ1n) is 12.3. The Morgan fingerprint density at radius 3 is 2.19 bits per heavy atom. The molecular formula is C28H32N4O4. The number of ether oxygens (including phenoxy) is 1. The van der Waals surface area contributed by atoms with E-state index < -0.39 is 5.97 Å². The van der Waals surface area contributed by atoms with Gasteiger partial charge in [0.25, 0.3) is 0 Å². The summed E-state index contributed by atoms with van der Waals surface area (Å²) in [6.07, 6.45) is 6.45. The van der Waals surface area contributed by atoms with Gasteiger partial charge in [0.2, 0.25) is 0 Å². The van der Waals surface area contributed by atoms with E-state index in [0.717, 1.165) is 62.3 Å². The molecule has 0 unspecified atom stereocenters. The lowest BCUT2D eigenvalue weighted by Crippen LogP contribution is -2.49. The Hall–Kier alpha value is -3.78. The Morgan fingerprint density at radius 1 is 0.861 bits per heavy atom. The summed E-state index contributed by atoms with van der Waals surface area (Å²) < 4.78 is 5.59. The van der Waals surface area contributed by atoms with Gasteiger partial charge in [0.15, 0.2) is 0 Å². The first kappa shape index (κ1) is 25.3. The van der Waals surface area contributed by atoms with Crippen molar-refractivity contribution in [2.45, 2.75) is 32.6 Å². The largest absolute Gasteiger partial charge is 0.478 e. The van der Waals surface area contributed by atoms with Gasteiger partial charge in [0.05, 0.1) is 5.56 Å². The van der Waals surface area contributed by atoms with Gasteiger partial charge in [-0.1, -0.05) is 18.2 Å². The van der Waals surface area contributed by atoms with Crippen molar-refractivity contribution in [3.05, 3.63) is 89.0 Å². The standard InChI is InChI=1S/C28H32N4O4/c1-21-4-9-25(29-19-21)10-5-22-6-12-26(13-7-22)36-28(35)32-17-15-31(16-18-32)14-2-3-24-11-8-23(20-30-24)27(33)34/h4,6-9,11-13,19-20H,2-3,5,10,14-18H2,1H3,(H,33,34). The average Bonchev–Trinajstić information content (AvgIpc) is 2.90. The van der Waals surface area contributed by atoms with E-state index in [9.17, 15) is 9.59 Å². The number of aromatic carboxylic acids is 1. The maximum Gasteiger partial charge on any atom is 0.415 e. The van der Waals surface area contributed by atoms with Crippen LogP contribution >= 0.6 is 0 Å². The summed E-state index contributed by atoms with van der Waals surface area (Å²) in [5.74, 6) is -0.407. The lowest BCUT2D eigenvalue weighted by molar-refractivity contribution is 0.0696. The van der Waals surface area contributed by atoms with E-state index in [0.29, 0.717) is 18.8 Å². The number of carboxylic acids is 1. The van der Waals surface area contributed by atoms with Gasteiger partial charge in [0.1, 0.15) is 5.75 Å². The van der Waals surface area contributed by atoms with Crippen molar-refractivity contribution in [2.24, 2.45) is 0 Å². The minimum absolute atomic E-state index is 0.202. The normalized spacial score (nSPS) is 14.0. The van der Waals surface area contributed by atoms with Gasteiger partial charge < -0.3 is 14.7 Å². The average molecular weight is 489 g/mol. The summed E-state index contributed by atoms with van der Waals surface area (Å²) in [5, 5.41) is 8.95. The van der Waals surface area contributed by atoms with Crippen LogP contribution in [0.4, 0.5) is 4.79 Å². The second kappa shape index (κ2) is 12.3. The predicted molar refractivity (Wildman–Crippen MR) is 136 cm³/mol. The molecule has 3 heterocycles. The maximum absolute atomic E-state index is 12.6. The molecule has 0 saturated carbocycles. The molecule has 1 aromatic carbocycles. The number of aryl methyl sites for hydroxylation is 4. The zero-order chi connectivity index (χ0) is 25.3. The van der Waals surface area contributed by atoms with Crippen molar-refractivity contribution in [3.8, 4) is 5.75 Å². The summed E-state index contributed by atoms with van der Waals surface area (Å²) in [7, 11) is 0. The number of carbonyl (C=O) groups excluding carboxylic acids is 1. The second-order valence-electron chi connectivity index (χ2n) is 9.11. The molecule has 1 saturated heterocycles.